The SMILES string of the molecule is O=C([O-])CN1C(=O)[C@@H](/C=C2\SC(=O)N(c3cccc(O)c3)C2=O)c2ccccc21. The van der Waals surface area contributed by atoms with Gasteiger partial charge in [0.05, 0.1) is 29.0 Å². The zero-order chi connectivity index (χ0) is 20.7. The molecule has 2 heterocycles. The van der Waals surface area contributed by atoms with Gasteiger partial charge in [0.2, 0.25) is 5.91 Å². The first kappa shape index (κ1) is 18.8. The van der Waals surface area contributed by atoms with Gasteiger partial charge in [0.15, 0.2) is 0 Å². The zero-order valence-corrected chi connectivity index (χ0v) is 15.6. The number of phenolic OH excluding ortho intramolecular Hbond substituents is 1. The molecule has 1 N–H and O–H groups in total. The lowest BCUT2D eigenvalue weighted by Gasteiger charge is -2.18. The molecular formula is C20H13N2O6S-. The Morgan fingerprint density at radius 2 is 1.90 bits per heavy atom. The topological polar surface area (TPSA) is 118 Å². The number of hydrogen-bond donors (Lipinski definition) is 1. The molecule has 2 aliphatic heterocycles. The molecule has 1 fully saturated rings. The lowest BCUT2D eigenvalue weighted by Crippen LogP contribution is -2.40. The van der Waals surface area contributed by atoms with Gasteiger partial charge in [-0.1, -0.05) is 24.3 Å². The summed E-state index contributed by atoms with van der Waals surface area (Å²) in [6, 6.07) is 12.4. The smallest absolute Gasteiger partial charge is 0.298 e. The molecule has 3 amide bonds. The minimum absolute atomic E-state index is 0.0572. The third-order valence-corrected chi connectivity index (χ3v) is 5.47. The molecule has 0 saturated carbocycles. The number of amides is 3. The Morgan fingerprint density at radius 1 is 1.14 bits per heavy atom. The number of carboxylic acids is 1. The maximum absolute atomic E-state index is 12.8. The molecule has 1 atom stereocenters. The molecule has 0 spiro atoms. The molecule has 0 aliphatic carbocycles. The average Bonchev–Trinajstić information content (AvgIpc) is 3.10. The van der Waals surface area contributed by atoms with Crippen molar-refractivity contribution in [2.45, 2.75) is 5.92 Å². The second-order valence-corrected chi connectivity index (χ2v) is 7.39. The van der Waals surface area contributed by atoms with Gasteiger partial charge < -0.3 is 19.9 Å². The number of thioether (sulfide) groups is 1. The molecule has 2 aromatic carbocycles. The highest BCUT2D eigenvalue weighted by atomic mass is 32.2. The predicted octanol–water partition coefficient (Wildman–Crippen LogP) is 1.36. The Balaban J connectivity index is 1.69. The van der Waals surface area contributed by atoms with Gasteiger partial charge in [0.1, 0.15) is 5.75 Å². The fraction of sp³-hybridized carbons (Fsp3) is 0.100. The molecule has 4 rings (SSSR count). The summed E-state index contributed by atoms with van der Waals surface area (Å²) in [5.41, 5.74) is 1.19. The molecule has 29 heavy (non-hydrogen) atoms. The van der Waals surface area contributed by atoms with E-state index in [0.717, 1.165) is 9.80 Å². The third-order valence-electron chi connectivity index (χ3n) is 4.58. The number of aliphatic carboxylic acids is 1. The number of aromatic hydroxyl groups is 1. The van der Waals surface area contributed by atoms with Crippen LogP contribution < -0.4 is 14.9 Å². The van der Waals surface area contributed by atoms with Crippen LogP contribution in [0, 0.1) is 0 Å². The van der Waals surface area contributed by atoms with Gasteiger partial charge >= 0.3 is 0 Å². The molecule has 9 heteroatoms. The van der Waals surface area contributed by atoms with Gasteiger partial charge in [-0.05, 0) is 41.6 Å². The number of para-hydroxylation sites is 1. The molecule has 146 valence electrons. The van der Waals surface area contributed by atoms with Crippen LogP contribution >= 0.6 is 11.8 Å². The van der Waals surface area contributed by atoms with E-state index in [1.54, 1.807) is 24.3 Å². The Labute approximate surface area is 169 Å². The second kappa shape index (κ2) is 7.10. The summed E-state index contributed by atoms with van der Waals surface area (Å²) in [5.74, 6) is -3.52. The van der Waals surface area contributed by atoms with Crippen molar-refractivity contribution in [2.24, 2.45) is 0 Å². The Kier molecular flexibility index (Phi) is 4.59. The first-order chi connectivity index (χ1) is 13.9. The number of carbonyl (C=O) groups excluding carboxylic acids is 4. The van der Waals surface area contributed by atoms with Gasteiger partial charge in [-0.25, -0.2) is 4.90 Å². The van der Waals surface area contributed by atoms with Gasteiger partial charge in [-0.15, -0.1) is 0 Å². The monoisotopic (exact) mass is 409 g/mol. The molecule has 2 aromatic rings. The quantitative estimate of drug-likeness (QED) is 0.758. The highest BCUT2D eigenvalue weighted by Crippen LogP contribution is 2.42. The lowest BCUT2D eigenvalue weighted by molar-refractivity contribution is -0.303. The highest BCUT2D eigenvalue weighted by Gasteiger charge is 2.41. The van der Waals surface area contributed by atoms with Gasteiger partial charge in [-0.2, -0.15) is 0 Å². The Bertz CT molecular complexity index is 1100. The summed E-state index contributed by atoms with van der Waals surface area (Å²) < 4.78 is 0. The zero-order valence-electron chi connectivity index (χ0n) is 14.8. The van der Waals surface area contributed by atoms with Gasteiger partial charge in [0, 0.05) is 11.8 Å². The van der Waals surface area contributed by atoms with E-state index in [4.69, 9.17) is 0 Å². The van der Waals surface area contributed by atoms with Gasteiger partial charge in [0.25, 0.3) is 11.1 Å². The van der Waals surface area contributed by atoms with E-state index in [2.05, 4.69) is 0 Å². The van der Waals surface area contributed by atoms with Crippen molar-refractivity contribution in [3.8, 4) is 5.75 Å². The molecule has 0 unspecified atom stereocenters. The molecule has 2 aliphatic rings. The Hall–Kier alpha value is -3.59. The van der Waals surface area contributed by atoms with Crippen LogP contribution in [-0.4, -0.2) is 34.7 Å². The summed E-state index contributed by atoms with van der Waals surface area (Å²) in [5, 5.41) is 20.1. The minimum atomic E-state index is -1.40. The van der Waals surface area contributed by atoms with Gasteiger partial charge in [-0.3, -0.25) is 14.4 Å². The molecule has 1 saturated heterocycles. The van der Waals surface area contributed by atoms with Crippen LogP contribution in [0.1, 0.15) is 11.5 Å². The Morgan fingerprint density at radius 3 is 2.62 bits per heavy atom. The molecular weight excluding hydrogens is 396 g/mol. The summed E-state index contributed by atoms with van der Waals surface area (Å²) in [6.07, 6.45) is 1.38. The van der Waals surface area contributed by atoms with Crippen molar-refractivity contribution < 1.29 is 29.4 Å². The van der Waals surface area contributed by atoms with E-state index in [1.165, 1.54) is 30.3 Å². The van der Waals surface area contributed by atoms with Crippen LogP contribution in [0.4, 0.5) is 16.2 Å². The summed E-state index contributed by atoms with van der Waals surface area (Å²) >= 11 is 0.679. The second-order valence-electron chi connectivity index (χ2n) is 6.39. The molecule has 0 aromatic heterocycles. The number of anilines is 2. The van der Waals surface area contributed by atoms with Crippen molar-refractivity contribution in [1.29, 1.82) is 0 Å². The van der Waals surface area contributed by atoms with E-state index >= 15 is 0 Å². The van der Waals surface area contributed by atoms with Crippen LogP contribution in [0.15, 0.2) is 59.5 Å². The maximum Gasteiger partial charge on any atom is 0.298 e. The molecule has 8 nitrogen and oxygen atoms in total. The number of nitrogens with zero attached hydrogens (tertiary/aromatic N) is 2. The number of carbonyl (C=O) groups is 4. The number of hydrogen-bond acceptors (Lipinski definition) is 7. The van der Waals surface area contributed by atoms with Crippen molar-refractivity contribution in [2.75, 3.05) is 16.3 Å². The highest BCUT2D eigenvalue weighted by molar-refractivity contribution is 8.18. The van der Waals surface area contributed by atoms with Crippen molar-refractivity contribution in [3.63, 3.8) is 0 Å². The van der Waals surface area contributed by atoms with Crippen LogP contribution in [-0.2, 0) is 14.4 Å². The number of rotatable bonds is 4. The minimum Gasteiger partial charge on any atom is -0.548 e. The summed E-state index contributed by atoms with van der Waals surface area (Å²) in [4.78, 5) is 51.1. The number of carboxylic acid groups (broad SMARTS) is 1. The summed E-state index contributed by atoms with van der Waals surface area (Å²) in [7, 11) is 0. The third kappa shape index (κ3) is 3.25. The van der Waals surface area contributed by atoms with Crippen LogP contribution in [0.2, 0.25) is 0 Å². The predicted molar refractivity (Wildman–Crippen MR) is 103 cm³/mol. The summed E-state index contributed by atoms with van der Waals surface area (Å²) in [6.45, 7) is -0.606. The maximum atomic E-state index is 12.8. The lowest BCUT2D eigenvalue weighted by atomic mass is 10.00. The van der Waals surface area contributed by atoms with E-state index in [1.807, 2.05) is 0 Å². The first-order valence-electron chi connectivity index (χ1n) is 8.54. The fourth-order valence-corrected chi connectivity index (χ4v) is 4.21. The number of fused-ring (bicyclic) bond motifs is 1. The van der Waals surface area contributed by atoms with Crippen LogP contribution in [0.25, 0.3) is 0 Å². The van der Waals surface area contributed by atoms with Crippen molar-refractivity contribution >= 4 is 46.2 Å². The van der Waals surface area contributed by atoms with Crippen molar-refractivity contribution in [3.05, 3.63) is 65.1 Å². The normalized spacial score (nSPS) is 19.9. The number of imide groups is 1. The van der Waals surface area contributed by atoms with E-state index in [9.17, 15) is 29.4 Å². The number of benzene rings is 2. The molecule has 0 bridgehead atoms. The number of phenols is 1. The van der Waals surface area contributed by atoms with Crippen LogP contribution in [0.5, 0.6) is 5.75 Å². The average molecular weight is 409 g/mol. The van der Waals surface area contributed by atoms with E-state index < -0.39 is 35.5 Å². The van der Waals surface area contributed by atoms with E-state index in [-0.39, 0.29) is 16.3 Å². The molecule has 0 radical (unpaired) electrons. The van der Waals surface area contributed by atoms with E-state index in [0.29, 0.717) is 23.0 Å². The van der Waals surface area contributed by atoms with Crippen molar-refractivity contribution in [1.82, 2.24) is 0 Å². The first-order valence-corrected chi connectivity index (χ1v) is 9.35. The van der Waals surface area contributed by atoms with Crippen LogP contribution in [0.3, 0.4) is 0 Å². The standard InChI is InChI=1S/C20H14N2O6S/c23-12-5-3-4-11(8-12)22-19(27)16(29-20(22)28)9-14-13-6-1-2-7-15(13)21(18(14)26)10-17(24)25/h1-9,14,23H,10H2,(H,24,25)/p-1/b16-9-/t14-/m0/s1. The fourth-order valence-electron chi connectivity index (χ4n) is 3.36. The largest absolute Gasteiger partial charge is 0.548 e.